The van der Waals surface area contributed by atoms with Gasteiger partial charge < -0.3 is 14.6 Å². The third-order valence-electron chi connectivity index (χ3n) is 4.99. The van der Waals surface area contributed by atoms with Gasteiger partial charge in [0.15, 0.2) is 15.8 Å². The molecule has 0 saturated carbocycles. The average Bonchev–Trinajstić information content (AvgIpc) is 3.12. The number of para-hydroxylation sites is 1. The Morgan fingerprint density at radius 1 is 1.11 bits per heavy atom. The highest BCUT2D eigenvalue weighted by molar-refractivity contribution is 8.27. The molecule has 0 unspecified atom stereocenters. The number of ether oxygens (including phenoxy) is 2. The summed E-state index contributed by atoms with van der Waals surface area (Å²) >= 11 is 13.2. The Bertz CT molecular complexity index is 1330. The minimum atomic E-state index is -1.01. The Kier molecular flexibility index (Phi) is 7.75. The minimum absolute atomic E-state index is 0.107. The predicted molar refractivity (Wildman–Crippen MR) is 142 cm³/mol. The zero-order chi connectivity index (χ0) is 24.9. The van der Waals surface area contributed by atoms with Crippen LogP contribution in [0.1, 0.15) is 28.4 Å². The smallest absolute Gasteiger partial charge is 0.335 e. The number of aromatic carboxylic acids is 1. The zero-order valence-electron chi connectivity index (χ0n) is 18.6. The molecule has 1 amide bonds. The second kappa shape index (κ2) is 10.9. The summed E-state index contributed by atoms with van der Waals surface area (Å²) < 4.78 is 12.1. The molecule has 0 radical (unpaired) electrons. The summed E-state index contributed by atoms with van der Waals surface area (Å²) in [4.78, 5) is 26.2. The van der Waals surface area contributed by atoms with E-state index in [0.29, 0.717) is 49.2 Å². The van der Waals surface area contributed by atoms with Crippen LogP contribution in [0.25, 0.3) is 6.08 Å². The van der Waals surface area contributed by atoms with Crippen molar-refractivity contribution in [3.05, 3.63) is 93.3 Å². The molecule has 0 spiro atoms. The highest BCUT2D eigenvalue weighted by atomic mass is 35.5. The summed E-state index contributed by atoms with van der Waals surface area (Å²) in [5.41, 5.74) is 2.22. The van der Waals surface area contributed by atoms with Crippen LogP contribution in [-0.4, -0.2) is 27.9 Å². The van der Waals surface area contributed by atoms with Crippen molar-refractivity contribution < 1.29 is 24.2 Å². The van der Waals surface area contributed by atoms with Crippen LogP contribution in [0.4, 0.5) is 5.69 Å². The summed E-state index contributed by atoms with van der Waals surface area (Å²) in [5.74, 6) is -0.469. The zero-order valence-corrected chi connectivity index (χ0v) is 21.0. The standard InChI is InChI=1S/C26H20ClNO5S2/c1-2-32-21-13-17(14-22-24(29)28(26(34)35-22)19-9-4-3-5-10-19)12-20(27)23(21)33-15-16-7-6-8-18(11-16)25(30)31/h3-14H,2,15H2,1H3,(H,30,31)/b22-14+. The number of nitrogens with zero attached hydrogens (tertiary/aromatic N) is 1. The van der Waals surface area contributed by atoms with Gasteiger partial charge in [-0.25, -0.2) is 4.79 Å². The van der Waals surface area contributed by atoms with Gasteiger partial charge in [-0.3, -0.25) is 9.69 Å². The van der Waals surface area contributed by atoms with Crippen molar-refractivity contribution in [2.24, 2.45) is 0 Å². The van der Waals surface area contributed by atoms with Crippen LogP contribution in [0.15, 0.2) is 71.6 Å². The van der Waals surface area contributed by atoms with Crippen LogP contribution in [0.3, 0.4) is 0 Å². The number of thiocarbonyl (C=S) groups is 1. The highest BCUT2D eigenvalue weighted by Gasteiger charge is 2.33. The average molecular weight is 526 g/mol. The first-order chi connectivity index (χ1) is 16.9. The Balaban J connectivity index is 1.59. The molecule has 1 heterocycles. The van der Waals surface area contributed by atoms with Gasteiger partial charge in [-0.2, -0.15) is 0 Å². The Labute approximate surface area is 217 Å². The number of benzene rings is 3. The molecule has 1 aliphatic heterocycles. The van der Waals surface area contributed by atoms with Crippen LogP contribution < -0.4 is 14.4 Å². The maximum atomic E-state index is 13.0. The van der Waals surface area contributed by atoms with E-state index in [1.54, 1.807) is 36.4 Å². The Morgan fingerprint density at radius 3 is 2.60 bits per heavy atom. The number of carboxylic acid groups (broad SMARTS) is 1. The lowest BCUT2D eigenvalue weighted by atomic mass is 10.1. The lowest BCUT2D eigenvalue weighted by molar-refractivity contribution is -0.113. The molecule has 35 heavy (non-hydrogen) atoms. The van der Waals surface area contributed by atoms with Gasteiger partial charge in [-0.05, 0) is 60.5 Å². The van der Waals surface area contributed by atoms with Crippen molar-refractivity contribution in [2.45, 2.75) is 13.5 Å². The topological polar surface area (TPSA) is 76.1 Å². The number of carbonyl (C=O) groups excluding carboxylic acids is 1. The summed E-state index contributed by atoms with van der Waals surface area (Å²) in [6.45, 7) is 2.32. The molecule has 3 aromatic carbocycles. The highest BCUT2D eigenvalue weighted by Crippen LogP contribution is 2.40. The van der Waals surface area contributed by atoms with Gasteiger partial charge >= 0.3 is 5.97 Å². The van der Waals surface area contributed by atoms with E-state index in [4.69, 9.17) is 33.3 Å². The van der Waals surface area contributed by atoms with E-state index in [-0.39, 0.29) is 18.1 Å². The molecule has 0 aliphatic carbocycles. The largest absolute Gasteiger partial charge is 0.490 e. The molecule has 4 rings (SSSR count). The molecule has 9 heteroatoms. The molecule has 1 fully saturated rings. The van der Waals surface area contributed by atoms with Gasteiger partial charge in [0, 0.05) is 0 Å². The normalized spacial score (nSPS) is 14.5. The van der Waals surface area contributed by atoms with Crippen LogP contribution in [0.2, 0.25) is 5.02 Å². The fourth-order valence-electron chi connectivity index (χ4n) is 3.44. The lowest BCUT2D eigenvalue weighted by Gasteiger charge is -2.15. The van der Waals surface area contributed by atoms with Gasteiger partial charge in [0.25, 0.3) is 5.91 Å². The third-order valence-corrected chi connectivity index (χ3v) is 6.58. The summed E-state index contributed by atoms with van der Waals surface area (Å²) in [5, 5.41) is 9.49. The summed E-state index contributed by atoms with van der Waals surface area (Å²) in [7, 11) is 0. The maximum Gasteiger partial charge on any atom is 0.335 e. The second-order valence-electron chi connectivity index (χ2n) is 7.41. The molecule has 0 aromatic heterocycles. The monoisotopic (exact) mass is 525 g/mol. The number of anilines is 1. The number of thioether (sulfide) groups is 1. The lowest BCUT2D eigenvalue weighted by Crippen LogP contribution is -2.27. The molecular weight excluding hydrogens is 506 g/mol. The Morgan fingerprint density at radius 2 is 1.89 bits per heavy atom. The maximum absolute atomic E-state index is 13.0. The predicted octanol–water partition coefficient (Wildman–Crippen LogP) is 6.42. The molecule has 1 saturated heterocycles. The first-order valence-electron chi connectivity index (χ1n) is 10.6. The van der Waals surface area contributed by atoms with Gasteiger partial charge in [0.05, 0.1) is 27.8 Å². The van der Waals surface area contributed by atoms with Gasteiger partial charge in [-0.1, -0.05) is 65.9 Å². The number of carbonyl (C=O) groups is 2. The van der Waals surface area contributed by atoms with Crippen molar-refractivity contribution in [2.75, 3.05) is 11.5 Å². The Hall–Kier alpha value is -3.33. The first kappa shape index (κ1) is 24.8. The van der Waals surface area contributed by atoms with E-state index in [2.05, 4.69) is 0 Å². The quantitative estimate of drug-likeness (QED) is 0.268. The third kappa shape index (κ3) is 5.67. The van der Waals surface area contributed by atoms with Crippen molar-refractivity contribution in [3.63, 3.8) is 0 Å². The first-order valence-corrected chi connectivity index (χ1v) is 12.2. The van der Waals surface area contributed by atoms with Crippen LogP contribution in [0.5, 0.6) is 11.5 Å². The van der Waals surface area contributed by atoms with Crippen molar-refractivity contribution in [1.29, 1.82) is 0 Å². The minimum Gasteiger partial charge on any atom is -0.490 e. The van der Waals surface area contributed by atoms with E-state index in [9.17, 15) is 14.7 Å². The molecule has 6 nitrogen and oxygen atoms in total. The SMILES string of the molecule is CCOc1cc(/C=C2/SC(=S)N(c3ccccc3)C2=O)cc(Cl)c1OCc1cccc(C(=O)O)c1. The fourth-order valence-corrected chi connectivity index (χ4v) is 5.02. The number of halogens is 1. The molecule has 0 bridgehead atoms. The number of carboxylic acids is 1. The number of rotatable bonds is 8. The molecule has 3 aromatic rings. The van der Waals surface area contributed by atoms with E-state index < -0.39 is 5.97 Å². The van der Waals surface area contributed by atoms with Crippen LogP contribution in [0, 0.1) is 0 Å². The molecular formula is C26H20ClNO5S2. The molecule has 1 aliphatic rings. The summed E-state index contributed by atoms with van der Waals surface area (Å²) in [6.07, 6.45) is 1.72. The van der Waals surface area contributed by atoms with Crippen molar-refractivity contribution >= 4 is 63.5 Å². The van der Waals surface area contributed by atoms with Crippen LogP contribution >= 0.6 is 35.6 Å². The fraction of sp³-hybridized carbons (Fsp3) is 0.115. The summed E-state index contributed by atoms with van der Waals surface area (Å²) in [6, 6.07) is 19.1. The van der Waals surface area contributed by atoms with Gasteiger partial charge in [-0.15, -0.1) is 0 Å². The molecule has 0 atom stereocenters. The number of amides is 1. The second-order valence-corrected chi connectivity index (χ2v) is 9.49. The van der Waals surface area contributed by atoms with E-state index in [1.165, 1.54) is 22.7 Å². The van der Waals surface area contributed by atoms with Crippen LogP contribution in [-0.2, 0) is 11.4 Å². The van der Waals surface area contributed by atoms with Gasteiger partial charge in [0.1, 0.15) is 6.61 Å². The number of hydrogen-bond donors (Lipinski definition) is 1. The van der Waals surface area contributed by atoms with E-state index >= 15 is 0 Å². The van der Waals surface area contributed by atoms with Gasteiger partial charge in [0.2, 0.25) is 0 Å². The molecule has 178 valence electrons. The van der Waals surface area contributed by atoms with Crippen molar-refractivity contribution in [3.8, 4) is 11.5 Å². The molecule has 1 N–H and O–H groups in total. The van der Waals surface area contributed by atoms with Crippen molar-refractivity contribution in [1.82, 2.24) is 0 Å². The van der Waals surface area contributed by atoms with E-state index in [0.717, 1.165) is 0 Å². The number of hydrogen-bond acceptors (Lipinski definition) is 6. The van der Waals surface area contributed by atoms with E-state index in [1.807, 2.05) is 37.3 Å².